The Morgan fingerprint density at radius 3 is 2.56 bits per heavy atom. The summed E-state index contributed by atoms with van der Waals surface area (Å²) in [6.45, 7) is 6.52. The molecule has 2 rings (SSSR count). The van der Waals surface area contributed by atoms with Crippen molar-refractivity contribution in [3.63, 3.8) is 0 Å². The SMILES string of the molecule is Cc1nc(C2CCCOC2)nc(C)c1CCCN. The first-order valence-corrected chi connectivity index (χ1v) is 6.84. The van der Waals surface area contributed by atoms with Crippen LogP contribution in [0.15, 0.2) is 0 Å². The molecule has 0 saturated carbocycles. The second-order valence-electron chi connectivity index (χ2n) is 5.04. The molecule has 4 heteroatoms. The van der Waals surface area contributed by atoms with Gasteiger partial charge in [-0.3, -0.25) is 0 Å². The molecular weight excluding hydrogens is 226 g/mol. The predicted molar refractivity (Wildman–Crippen MR) is 71.7 cm³/mol. The summed E-state index contributed by atoms with van der Waals surface area (Å²) in [5.41, 5.74) is 9.05. The molecule has 18 heavy (non-hydrogen) atoms. The Bertz CT molecular complexity index is 377. The molecule has 100 valence electrons. The van der Waals surface area contributed by atoms with Gasteiger partial charge in [-0.15, -0.1) is 0 Å². The van der Waals surface area contributed by atoms with Crippen molar-refractivity contribution in [2.45, 2.75) is 45.4 Å². The minimum Gasteiger partial charge on any atom is -0.381 e. The van der Waals surface area contributed by atoms with E-state index in [1.54, 1.807) is 0 Å². The Balaban J connectivity index is 2.18. The van der Waals surface area contributed by atoms with Crippen LogP contribution in [0, 0.1) is 13.8 Å². The van der Waals surface area contributed by atoms with Gasteiger partial charge >= 0.3 is 0 Å². The second kappa shape index (κ2) is 6.25. The number of aryl methyl sites for hydroxylation is 2. The van der Waals surface area contributed by atoms with Crippen LogP contribution in [-0.4, -0.2) is 29.7 Å². The quantitative estimate of drug-likeness (QED) is 0.885. The summed E-state index contributed by atoms with van der Waals surface area (Å²) in [6, 6.07) is 0. The lowest BCUT2D eigenvalue weighted by Gasteiger charge is -2.22. The first-order chi connectivity index (χ1) is 8.72. The molecule has 0 spiro atoms. The summed E-state index contributed by atoms with van der Waals surface area (Å²) in [4.78, 5) is 9.36. The number of hydrogen-bond acceptors (Lipinski definition) is 4. The summed E-state index contributed by atoms with van der Waals surface area (Å²) >= 11 is 0. The number of nitrogens with two attached hydrogens (primary N) is 1. The molecule has 1 aliphatic heterocycles. The number of aromatic nitrogens is 2. The van der Waals surface area contributed by atoms with Crippen LogP contribution in [0.3, 0.4) is 0 Å². The van der Waals surface area contributed by atoms with E-state index in [0.29, 0.717) is 5.92 Å². The molecule has 0 aliphatic carbocycles. The normalized spacial score (nSPS) is 20.1. The molecule has 1 saturated heterocycles. The van der Waals surface area contributed by atoms with Crippen molar-refractivity contribution in [3.8, 4) is 0 Å². The van der Waals surface area contributed by atoms with Crippen LogP contribution in [0.5, 0.6) is 0 Å². The van der Waals surface area contributed by atoms with Gasteiger partial charge in [0.15, 0.2) is 0 Å². The van der Waals surface area contributed by atoms with E-state index in [9.17, 15) is 0 Å². The van der Waals surface area contributed by atoms with Crippen molar-refractivity contribution < 1.29 is 4.74 Å². The second-order valence-corrected chi connectivity index (χ2v) is 5.04. The Hall–Kier alpha value is -1.00. The first kappa shape index (κ1) is 13.4. The van der Waals surface area contributed by atoms with E-state index in [1.165, 1.54) is 5.56 Å². The van der Waals surface area contributed by atoms with Crippen LogP contribution in [-0.2, 0) is 11.2 Å². The molecule has 4 nitrogen and oxygen atoms in total. The molecule has 1 aromatic rings. The lowest BCUT2D eigenvalue weighted by atomic mass is 10.00. The Kier molecular flexibility index (Phi) is 4.66. The van der Waals surface area contributed by atoms with Crippen LogP contribution >= 0.6 is 0 Å². The van der Waals surface area contributed by atoms with Crippen LogP contribution in [0.1, 0.15) is 48.0 Å². The highest BCUT2D eigenvalue weighted by Crippen LogP contribution is 2.24. The predicted octanol–water partition coefficient (Wildman–Crippen LogP) is 1.88. The standard InChI is InChI=1S/C14H23N3O/c1-10-13(6-3-7-15)11(2)17-14(16-10)12-5-4-8-18-9-12/h12H,3-9,15H2,1-2H3. The summed E-state index contributed by atoms with van der Waals surface area (Å²) < 4.78 is 5.51. The molecule has 0 aromatic carbocycles. The molecule has 0 radical (unpaired) electrons. The van der Waals surface area contributed by atoms with Gasteiger partial charge in [-0.25, -0.2) is 9.97 Å². The molecule has 1 atom stereocenters. The van der Waals surface area contributed by atoms with Gasteiger partial charge in [-0.2, -0.15) is 0 Å². The van der Waals surface area contributed by atoms with E-state index < -0.39 is 0 Å². The van der Waals surface area contributed by atoms with E-state index in [-0.39, 0.29) is 0 Å². The van der Waals surface area contributed by atoms with Crippen molar-refractivity contribution in [2.24, 2.45) is 5.73 Å². The van der Waals surface area contributed by atoms with Crippen molar-refractivity contribution in [3.05, 3.63) is 22.8 Å². The summed E-state index contributed by atoms with van der Waals surface area (Å²) in [6.07, 6.45) is 4.23. The first-order valence-electron chi connectivity index (χ1n) is 6.84. The van der Waals surface area contributed by atoms with Gasteiger partial charge in [0.05, 0.1) is 6.61 Å². The number of rotatable bonds is 4. The average Bonchev–Trinajstić information content (AvgIpc) is 2.39. The fraction of sp³-hybridized carbons (Fsp3) is 0.714. The third kappa shape index (κ3) is 3.06. The van der Waals surface area contributed by atoms with Gasteiger partial charge in [-0.1, -0.05) is 0 Å². The number of ether oxygens (including phenoxy) is 1. The van der Waals surface area contributed by atoms with Crippen molar-refractivity contribution in [1.29, 1.82) is 0 Å². The third-order valence-electron chi connectivity index (χ3n) is 3.59. The summed E-state index contributed by atoms with van der Waals surface area (Å²) in [5.74, 6) is 1.33. The minimum absolute atomic E-state index is 0.375. The van der Waals surface area contributed by atoms with Gasteiger partial charge in [0.2, 0.25) is 0 Å². The maximum atomic E-state index is 5.57. The van der Waals surface area contributed by atoms with Gasteiger partial charge in [0.1, 0.15) is 5.82 Å². The fourth-order valence-electron chi connectivity index (χ4n) is 2.53. The molecule has 2 N–H and O–H groups in total. The lowest BCUT2D eigenvalue weighted by Crippen LogP contribution is -2.19. The number of hydrogen-bond donors (Lipinski definition) is 1. The maximum Gasteiger partial charge on any atom is 0.134 e. The molecule has 1 aromatic heterocycles. The van der Waals surface area contributed by atoms with E-state index >= 15 is 0 Å². The van der Waals surface area contributed by atoms with Gasteiger partial charge < -0.3 is 10.5 Å². The van der Waals surface area contributed by atoms with Crippen molar-refractivity contribution in [1.82, 2.24) is 9.97 Å². The maximum absolute atomic E-state index is 5.57. The van der Waals surface area contributed by atoms with Crippen LogP contribution < -0.4 is 5.73 Å². The van der Waals surface area contributed by atoms with Crippen LogP contribution in [0.2, 0.25) is 0 Å². The molecule has 0 amide bonds. The Labute approximate surface area is 109 Å². The minimum atomic E-state index is 0.375. The zero-order valence-electron chi connectivity index (χ0n) is 11.4. The van der Waals surface area contributed by atoms with Gasteiger partial charge in [0, 0.05) is 23.9 Å². The van der Waals surface area contributed by atoms with E-state index in [2.05, 4.69) is 23.8 Å². The van der Waals surface area contributed by atoms with Gasteiger partial charge in [-0.05, 0) is 51.6 Å². The monoisotopic (exact) mass is 249 g/mol. The van der Waals surface area contributed by atoms with Crippen LogP contribution in [0.25, 0.3) is 0 Å². The largest absolute Gasteiger partial charge is 0.381 e. The molecular formula is C14H23N3O. The van der Waals surface area contributed by atoms with E-state index in [1.807, 2.05) is 0 Å². The molecule has 0 bridgehead atoms. The molecule has 1 unspecified atom stereocenters. The van der Waals surface area contributed by atoms with Gasteiger partial charge in [0.25, 0.3) is 0 Å². The molecule has 1 fully saturated rings. The molecule has 1 aliphatic rings. The fourth-order valence-corrected chi connectivity index (χ4v) is 2.53. The highest BCUT2D eigenvalue weighted by atomic mass is 16.5. The van der Waals surface area contributed by atoms with E-state index in [0.717, 1.165) is 62.7 Å². The topological polar surface area (TPSA) is 61.0 Å². The van der Waals surface area contributed by atoms with Crippen molar-refractivity contribution >= 4 is 0 Å². The number of nitrogens with zero attached hydrogens (tertiary/aromatic N) is 2. The average molecular weight is 249 g/mol. The van der Waals surface area contributed by atoms with Crippen molar-refractivity contribution in [2.75, 3.05) is 19.8 Å². The zero-order chi connectivity index (χ0) is 13.0. The highest BCUT2D eigenvalue weighted by Gasteiger charge is 2.20. The third-order valence-corrected chi connectivity index (χ3v) is 3.59. The zero-order valence-corrected chi connectivity index (χ0v) is 11.4. The highest BCUT2D eigenvalue weighted by molar-refractivity contribution is 5.25. The lowest BCUT2D eigenvalue weighted by molar-refractivity contribution is 0.0779. The van der Waals surface area contributed by atoms with Crippen LogP contribution in [0.4, 0.5) is 0 Å². The molecule has 2 heterocycles. The summed E-state index contributed by atoms with van der Waals surface area (Å²) in [7, 11) is 0. The smallest absolute Gasteiger partial charge is 0.134 e. The van der Waals surface area contributed by atoms with E-state index in [4.69, 9.17) is 10.5 Å². The summed E-state index contributed by atoms with van der Waals surface area (Å²) in [5, 5.41) is 0. The Morgan fingerprint density at radius 2 is 2.00 bits per heavy atom. The Morgan fingerprint density at radius 1 is 1.28 bits per heavy atom.